The van der Waals surface area contributed by atoms with Gasteiger partial charge in [-0.1, -0.05) is 6.42 Å². The number of nitrogens with zero attached hydrogens (tertiary/aromatic N) is 1. The Morgan fingerprint density at radius 2 is 1.82 bits per heavy atom. The van der Waals surface area contributed by atoms with E-state index in [0.29, 0.717) is 6.54 Å². The first-order valence-corrected chi connectivity index (χ1v) is 5.87. The average Bonchev–Trinajstić information content (AvgIpc) is 2.34. The quantitative estimate of drug-likeness (QED) is 0.756. The van der Waals surface area contributed by atoms with Gasteiger partial charge < -0.3 is 0 Å². The molecule has 17 heavy (non-hydrogen) atoms. The van der Waals surface area contributed by atoms with Crippen molar-refractivity contribution in [3.63, 3.8) is 0 Å². The lowest BCUT2D eigenvalue weighted by molar-refractivity contribution is 0.0915. The molecule has 4 heteroatoms. The van der Waals surface area contributed by atoms with E-state index in [9.17, 15) is 13.6 Å². The Balaban J connectivity index is 2.01. The van der Waals surface area contributed by atoms with Crippen molar-refractivity contribution in [1.82, 2.24) is 4.90 Å². The number of halogens is 2. The minimum atomic E-state index is -0.963. The van der Waals surface area contributed by atoms with E-state index in [4.69, 9.17) is 0 Å². The highest BCUT2D eigenvalue weighted by atomic mass is 19.2. The normalized spacial score (nSPS) is 17.1. The summed E-state index contributed by atoms with van der Waals surface area (Å²) in [7, 11) is 0. The number of benzene rings is 1. The third-order valence-electron chi connectivity index (χ3n) is 3.06. The first-order valence-electron chi connectivity index (χ1n) is 5.87. The van der Waals surface area contributed by atoms with E-state index in [1.807, 2.05) is 0 Å². The van der Waals surface area contributed by atoms with Crippen molar-refractivity contribution in [2.75, 3.05) is 19.6 Å². The van der Waals surface area contributed by atoms with E-state index >= 15 is 0 Å². The summed E-state index contributed by atoms with van der Waals surface area (Å²) in [6.07, 6.45) is 3.41. The maximum atomic E-state index is 13.0. The number of carbonyl (C=O) groups is 1. The lowest BCUT2D eigenvalue weighted by Gasteiger charge is -2.25. The summed E-state index contributed by atoms with van der Waals surface area (Å²) >= 11 is 0. The van der Waals surface area contributed by atoms with E-state index < -0.39 is 11.6 Å². The predicted molar refractivity (Wildman–Crippen MR) is 61.0 cm³/mol. The molecule has 1 aromatic rings. The summed E-state index contributed by atoms with van der Waals surface area (Å²) in [5, 5.41) is 0. The SMILES string of the molecule is O=C(CN1CCCCC1)c1ccc(F)c(F)c1. The standard InChI is InChI=1S/C13H15F2NO/c14-11-5-4-10(8-12(11)15)13(17)9-16-6-2-1-3-7-16/h4-5,8H,1-3,6-7,9H2. The number of hydrogen-bond donors (Lipinski definition) is 0. The second-order valence-corrected chi connectivity index (χ2v) is 4.39. The minimum absolute atomic E-state index is 0.147. The highest BCUT2D eigenvalue weighted by Crippen LogP contribution is 2.12. The van der Waals surface area contributed by atoms with E-state index in [-0.39, 0.29) is 11.3 Å². The molecule has 92 valence electrons. The number of hydrogen-bond acceptors (Lipinski definition) is 2. The number of ketones is 1. The fraction of sp³-hybridized carbons (Fsp3) is 0.462. The summed E-state index contributed by atoms with van der Waals surface area (Å²) in [5.41, 5.74) is 0.245. The van der Waals surface area contributed by atoms with Gasteiger partial charge in [0.2, 0.25) is 0 Å². The lowest BCUT2D eigenvalue weighted by Crippen LogP contribution is -2.34. The highest BCUT2D eigenvalue weighted by Gasteiger charge is 2.16. The summed E-state index contributed by atoms with van der Waals surface area (Å²) in [6.45, 7) is 2.12. The Kier molecular flexibility index (Phi) is 3.84. The molecule has 1 aliphatic rings. The molecule has 0 spiro atoms. The van der Waals surface area contributed by atoms with Gasteiger partial charge in [0, 0.05) is 5.56 Å². The summed E-state index contributed by atoms with van der Waals surface area (Å²) in [5.74, 6) is -2.03. The van der Waals surface area contributed by atoms with Crippen LogP contribution in [-0.4, -0.2) is 30.3 Å². The van der Waals surface area contributed by atoms with Gasteiger partial charge in [0.15, 0.2) is 17.4 Å². The maximum Gasteiger partial charge on any atom is 0.176 e. The van der Waals surface area contributed by atoms with Crippen LogP contribution in [-0.2, 0) is 0 Å². The van der Waals surface area contributed by atoms with Gasteiger partial charge in [-0.25, -0.2) is 8.78 Å². The zero-order chi connectivity index (χ0) is 12.3. The van der Waals surface area contributed by atoms with Crippen LogP contribution in [0, 0.1) is 11.6 Å². The first-order chi connectivity index (χ1) is 8.16. The highest BCUT2D eigenvalue weighted by molar-refractivity contribution is 5.97. The van der Waals surface area contributed by atoms with Crippen molar-refractivity contribution in [2.24, 2.45) is 0 Å². The van der Waals surface area contributed by atoms with E-state index in [2.05, 4.69) is 4.90 Å². The van der Waals surface area contributed by atoms with Crippen molar-refractivity contribution in [3.8, 4) is 0 Å². The maximum absolute atomic E-state index is 13.0. The Morgan fingerprint density at radius 1 is 1.12 bits per heavy atom. The second kappa shape index (κ2) is 5.36. The van der Waals surface area contributed by atoms with Gasteiger partial charge in [0.1, 0.15) is 0 Å². The van der Waals surface area contributed by atoms with Crippen molar-refractivity contribution >= 4 is 5.78 Å². The molecule has 0 unspecified atom stereocenters. The molecule has 1 fully saturated rings. The molecular formula is C13H15F2NO. The molecule has 2 nitrogen and oxygen atoms in total. The summed E-state index contributed by atoms with van der Waals surface area (Å²) in [6, 6.07) is 3.31. The Hall–Kier alpha value is -1.29. The number of Topliss-reactive ketones (excluding diaryl/α,β-unsaturated/α-hetero) is 1. The van der Waals surface area contributed by atoms with Crippen molar-refractivity contribution < 1.29 is 13.6 Å². The Bertz CT molecular complexity index is 414. The van der Waals surface area contributed by atoms with Gasteiger partial charge in [-0.15, -0.1) is 0 Å². The molecule has 0 radical (unpaired) electrons. The van der Waals surface area contributed by atoms with Crippen LogP contribution < -0.4 is 0 Å². The lowest BCUT2D eigenvalue weighted by atomic mass is 10.1. The molecule has 0 N–H and O–H groups in total. The molecule has 0 atom stereocenters. The fourth-order valence-electron chi connectivity index (χ4n) is 2.08. The zero-order valence-electron chi connectivity index (χ0n) is 9.59. The van der Waals surface area contributed by atoms with Crippen LogP contribution in [0.1, 0.15) is 29.6 Å². The van der Waals surface area contributed by atoms with Crippen LogP contribution in [0.15, 0.2) is 18.2 Å². The minimum Gasteiger partial charge on any atom is -0.296 e. The van der Waals surface area contributed by atoms with Crippen LogP contribution in [0.3, 0.4) is 0 Å². The third-order valence-corrected chi connectivity index (χ3v) is 3.06. The molecule has 0 aliphatic carbocycles. The van der Waals surface area contributed by atoms with Crippen LogP contribution in [0.5, 0.6) is 0 Å². The zero-order valence-corrected chi connectivity index (χ0v) is 9.59. The topological polar surface area (TPSA) is 20.3 Å². The molecule has 2 rings (SSSR count). The molecule has 1 saturated heterocycles. The van der Waals surface area contributed by atoms with Gasteiger partial charge in [0.25, 0.3) is 0 Å². The van der Waals surface area contributed by atoms with Gasteiger partial charge in [0.05, 0.1) is 6.54 Å². The largest absolute Gasteiger partial charge is 0.296 e. The van der Waals surface area contributed by atoms with E-state index in [0.717, 1.165) is 38.1 Å². The number of piperidine rings is 1. The molecule has 0 bridgehead atoms. The van der Waals surface area contributed by atoms with E-state index in [1.165, 1.54) is 12.5 Å². The van der Waals surface area contributed by atoms with Crippen LogP contribution >= 0.6 is 0 Å². The van der Waals surface area contributed by atoms with Gasteiger partial charge in [-0.3, -0.25) is 9.69 Å². The average molecular weight is 239 g/mol. The summed E-state index contributed by atoms with van der Waals surface area (Å²) < 4.78 is 25.7. The van der Waals surface area contributed by atoms with Gasteiger partial charge in [-0.2, -0.15) is 0 Å². The smallest absolute Gasteiger partial charge is 0.176 e. The van der Waals surface area contributed by atoms with Crippen LogP contribution in [0.4, 0.5) is 8.78 Å². The molecular weight excluding hydrogens is 224 g/mol. The Morgan fingerprint density at radius 3 is 2.47 bits per heavy atom. The molecule has 1 aromatic carbocycles. The fourth-order valence-corrected chi connectivity index (χ4v) is 2.08. The number of rotatable bonds is 3. The van der Waals surface area contributed by atoms with Crippen molar-refractivity contribution in [3.05, 3.63) is 35.4 Å². The number of carbonyl (C=O) groups excluding carboxylic acids is 1. The number of likely N-dealkylation sites (tertiary alicyclic amines) is 1. The van der Waals surface area contributed by atoms with Gasteiger partial charge >= 0.3 is 0 Å². The van der Waals surface area contributed by atoms with Crippen LogP contribution in [0.25, 0.3) is 0 Å². The first kappa shape index (κ1) is 12.2. The predicted octanol–water partition coefficient (Wildman–Crippen LogP) is 2.63. The monoisotopic (exact) mass is 239 g/mol. The summed E-state index contributed by atoms with van der Waals surface area (Å²) in [4.78, 5) is 13.9. The van der Waals surface area contributed by atoms with Crippen molar-refractivity contribution in [2.45, 2.75) is 19.3 Å². The third kappa shape index (κ3) is 3.09. The Labute approximate surface area is 99.2 Å². The molecule has 0 saturated carbocycles. The van der Waals surface area contributed by atoms with Gasteiger partial charge in [-0.05, 0) is 44.1 Å². The second-order valence-electron chi connectivity index (χ2n) is 4.39. The van der Waals surface area contributed by atoms with Crippen LogP contribution in [0.2, 0.25) is 0 Å². The van der Waals surface area contributed by atoms with E-state index in [1.54, 1.807) is 0 Å². The molecule has 1 heterocycles. The molecule has 1 aliphatic heterocycles. The molecule has 0 aromatic heterocycles. The van der Waals surface area contributed by atoms with Crippen molar-refractivity contribution in [1.29, 1.82) is 0 Å². The molecule has 0 amide bonds.